The molecule has 2 aromatic carbocycles. The van der Waals surface area contributed by atoms with Crippen molar-refractivity contribution in [1.82, 2.24) is 0 Å². The van der Waals surface area contributed by atoms with Gasteiger partial charge in [-0.15, -0.1) is 0 Å². The predicted molar refractivity (Wildman–Crippen MR) is 79.8 cm³/mol. The van der Waals surface area contributed by atoms with E-state index < -0.39 is 0 Å². The highest BCUT2D eigenvalue weighted by Crippen LogP contribution is 2.03. The Hall–Kier alpha value is -2.52. The van der Waals surface area contributed by atoms with Crippen LogP contribution >= 0.6 is 0 Å². The second kappa shape index (κ2) is 7.16. The van der Waals surface area contributed by atoms with E-state index in [1.165, 1.54) is 11.1 Å². The van der Waals surface area contributed by atoms with E-state index in [2.05, 4.69) is 35.1 Å². The fraction of sp³-hybridized carbons (Fsp3) is 0.111. The summed E-state index contributed by atoms with van der Waals surface area (Å²) in [6.45, 7) is 1.55. The molecule has 2 aromatic rings. The topological polar surface area (TPSA) is 55.3 Å². The number of rotatable bonds is 2. The van der Waals surface area contributed by atoms with Crippen LogP contribution in [0.15, 0.2) is 48.5 Å². The molecule has 98 valence electrons. The second-order valence-corrected chi connectivity index (χ2v) is 4.40. The van der Waals surface area contributed by atoms with Crippen molar-refractivity contribution < 1.29 is 11.5 Å². The zero-order valence-corrected chi connectivity index (χ0v) is 11.4. The van der Waals surface area contributed by atoms with Gasteiger partial charge in [0.1, 0.15) is 0 Å². The molecule has 0 saturated heterocycles. The van der Waals surface area contributed by atoms with Crippen LogP contribution in [0.25, 0.3) is 0 Å². The van der Waals surface area contributed by atoms with Crippen molar-refractivity contribution in [3.8, 4) is 23.7 Å². The quantitative estimate of drug-likeness (QED) is 0.744. The van der Waals surface area contributed by atoms with Crippen LogP contribution in [0.1, 0.15) is 22.3 Å². The minimum Gasteiger partial charge on any atom is -0.354 e. The molecular formula is C18H18N2+2. The number of hydrogen-bond donors (Lipinski definition) is 2. The minimum atomic E-state index is 0.777. The third-order valence-electron chi connectivity index (χ3n) is 2.91. The average Bonchev–Trinajstić information content (AvgIpc) is 2.52. The smallest absolute Gasteiger partial charge is 0.0997 e. The van der Waals surface area contributed by atoms with Crippen molar-refractivity contribution in [2.75, 3.05) is 0 Å². The Kier molecular flexibility index (Phi) is 4.98. The first kappa shape index (κ1) is 13.9. The van der Waals surface area contributed by atoms with Gasteiger partial charge in [0.25, 0.3) is 0 Å². The summed E-state index contributed by atoms with van der Waals surface area (Å²) < 4.78 is 0. The molecule has 0 aliphatic heterocycles. The van der Waals surface area contributed by atoms with Crippen molar-refractivity contribution in [2.45, 2.75) is 13.1 Å². The van der Waals surface area contributed by atoms with Crippen molar-refractivity contribution in [3.63, 3.8) is 0 Å². The molecule has 2 nitrogen and oxygen atoms in total. The van der Waals surface area contributed by atoms with E-state index in [1.54, 1.807) is 0 Å². The first-order valence-corrected chi connectivity index (χ1v) is 6.60. The van der Waals surface area contributed by atoms with E-state index in [9.17, 15) is 0 Å². The third kappa shape index (κ3) is 4.00. The summed E-state index contributed by atoms with van der Waals surface area (Å²) in [4.78, 5) is 0. The summed E-state index contributed by atoms with van der Waals surface area (Å²) in [5.41, 5.74) is 12.1. The largest absolute Gasteiger partial charge is 0.354 e. The van der Waals surface area contributed by atoms with Gasteiger partial charge in [0.2, 0.25) is 0 Å². The lowest BCUT2D eigenvalue weighted by Crippen LogP contribution is -2.47. The summed E-state index contributed by atoms with van der Waals surface area (Å²) >= 11 is 0. The Morgan fingerprint density at radius 1 is 0.700 bits per heavy atom. The van der Waals surface area contributed by atoms with Crippen LogP contribution in [0.5, 0.6) is 0 Å². The molecule has 0 radical (unpaired) electrons. The van der Waals surface area contributed by atoms with Gasteiger partial charge in [-0.1, -0.05) is 36.1 Å². The maximum Gasteiger partial charge on any atom is 0.0997 e. The zero-order valence-electron chi connectivity index (χ0n) is 11.4. The van der Waals surface area contributed by atoms with Crippen LogP contribution in [-0.2, 0) is 13.1 Å². The van der Waals surface area contributed by atoms with Crippen LogP contribution in [0.2, 0.25) is 0 Å². The zero-order chi connectivity index (χ0) is 14.2. The second-order valence-electron chi connectivity index (χ2n) is 4.40. The standard InChI is InChI=1S/C18H16N2/c19-13-17-9-3-7-15(11-17)5-1-2-6-16-8-4-10-18(12-16)14-20/h3-4,7-12H,13-14,19-20H2/p+2. The summed E-state index contributed by atoms with van der Waals surface area (Å²) in [6, 6.07) is 16.2. The fourth-order valence-electron chi connectivity index (χ4n) is 1.82. The van der Waals surface area contributed by atoms with Crippen LogP contribution in [0.4, 0.5) is 0 Å². The van der Waals surface area contributed by atoms with E-state index in [-0.39, 0.29) is 0 Å². The Labute approximate surface area is 119 Å². The molecule has 0 bridgehead atoms. The molecule has 0 heterocycles. The van der Waals surface area contributed by atoms with Crippen LogP contribution in [0, 0.1) is 23.7 Å². The molecule has 0 unspecified atom stereocenters. The highest BCUT2D eigenvalue weighted by molar-refractivity contribution is 5.45. The predicted octanol–water partition coefficient (Wildman–Crippen LogP) is 0.574. The van der Waals surface area contributed by atoms with Crippen molar-refractivity contribution in [3.05, 3.63) is 70.8 Å². The maximum atomic E-state index is 3.87. The summed E-state index contributed by atoms with van der Waals surface area (Å²) in [6.07, 6.45) is 0. The summed E-state index contributed by atoms with van der Waals surface area (Å²) in [5.74, 6) is 11.9. The van der Waals surface area contributed by atoms with Gasteiger partial charge in [-0.25, -0.2) is 0 Å². The van der Waals surface area contributed by atoms with Gasteiger partial charge >= 0.3 is 0 Å². The van der Waals surface area contributed by atoms with Gasteiger partial charge in [0.15, 0.2) is 0 Å². The monoisotopic (exact) mass is 262 g/mol. The van der Waals surface area contributed by atoms with Crippen LogP contribution in [0.3, 0.4) is 0 Å². The van der Waals surface area contributed by atoms with Gasteiger partial charge in [-0.05, 0) is 36.1 Å². The third-order valence-corrected chi connectivity index (χ3v) is 2.91. The number of quaternary nitrogens is 2. The molecule has 20 heavy (non-hydrogen) atoms. The van der Waals surface area contributed by atoms with E-state index in [0.29, 0.717) is 0 Å². The SMILES string of the molecule is [NH3+]Cc1cccc(C#CC#Cc2cccc(C[NH3+])c2)c1. The van der Waals surface area contributed by atoms with Gasteiger partial charge in [-0.3, -0.25) is 0 Å². The highest BCUT2D eigenvalue weighted by atomic mass is 14.5. The molecule has 0 aliphatic rings. The Balaban J connectivity index is 2.12. The Morgan fingerprint density at radius 2 is 1.15 bits per heavy atom. The molecule has 0 fully saturated rings. The van der Waals surface area contributed by atoms with Crippen LogP contribution in [-0.4, -0.2) is 0 Å². The highest BCUT2D eigenvalue weighted by Gasteiger charge is 1.92. The molecular weight excluding hydrogens is 244 g/mol. The normalized spacial score (nSPS) is 9.10. The molecule has 2 rings (SSSR count). The molecule has 6 N–H and O–H groups in total. The lowest BCUT2D eigenvalue weighted by atomic mass is 10.1. The first-order valence-electron chi connectivity index (χ1n) is 6.60. The lowest BCUT2D eigenvalue weighted by molar-refractivity contribution is -0.386. The van der Waals surface area contributed by atoms with E-state index >= 15 is 0 Å². The first-order chi connectivity index (χ1) is 9.81. The Bertz CT molecular complexity index is 646. The van der Waals surface area contributed by atoms with E-state index in [0.717, 1.165) is 24.2 Å². The molecule has 2 heteroatoms. The number of hydrogen-bond acceptors (Lipinski definition) is 0. The number of benzene rings is 2. The molecule has 0 aromatic heterocycles. The van der Waals surface area contributed by atoms with E-state index in [4.69, 9.17) is 0 Å². The molecule has 0 spiro atoms. The van der Waals surface area contributed by atoms with Crippen molar-refractivity contribution >= 4 is 0 Å². The van der Waals surface area contributed by atoms with E-state index in [1.807, 2.05) is 48.5 Å². The van der Waals surface area contributed by atoms with Crippen molar-refractivity contribution in [2.24, 2.45) is 0 Å². The minimum absolute atomic E-state index is 0.777. The average molecular weight is 262 g/mol. The van der Waals surface area contributed by atoms with Gasteiger partial charge in [0, 0.05) is 22.3 Å². The molecule has 0 atom stereocenters. The molecule has 0 amide bonds. The maximum absolute atomic E-state index is 3.87. The Morgan fingerprint density at radius 3 is 1.55 bits per heavy atom. The van der Waals surface area contributed by atoms with Gasteiger partial charge < -0.3 is 11.5 Å². The lowest BCUT2D eigenvalue weighted by Gasteiger charge is -1.94. The molecule has 0 saturated carbocycles. The van der Waals surface area contributed by atoms with Gasteiger partial charge in [-0.2, -0.15) is 0 Å². The fourth-order valence-corrected chi connectivity index (χ4v) is 1.82. The molecule has 0 aliphatic carbocycles. The van der Waals surface area contributed by atoms with Crippen LogP contribution < -0.4 is 11.5 Å². The van der Waals surface area contributed by atoms with Crippen molar-refractivity contribution in [1.29, 1.82) is 0 Å². The summed E-state index contributed by atoms with van der Waals surface area (Å²) in [5, 5.41) is 0. The summed E-state index contributed by atoms with van der Waals surface area (Å²) in [7, 11) is 0. The van der Waals surface area contributed by atoms with Gasteiger partial charge in [0.05, 0.1) is 13.1 Å².